The van der Waals surface area contributed by atoms with Crippen LogP contribution in [0.1, 0.15) is 39.0 Å². The average molecular weight is 177 g/mol. The van der Waals surface area contributed by atoms with Gasteiger partial charge >= 0.3 is 0 Å². The molecule has 0 bridgehead atoms. The Labute approximate surface area is 80.9 Å². The van der Waals surface area contributed by atoms with E-state index in [-0.39, 0.29) is 0 Å². The molecule has 2 fully saturated rings. The van der Waals surface area contributed by atoms with Gasteiger partial charge in [0, 0.05) is 11.7 Å². The summed E-state index contributed by atoms with van der Waals surface area (Å²) in [4.78, 5) is 0. The molecule has 1 N–H and O–H groups in total. The highest BCUT2D eigenvalue weighted by molar-refractivity contribution is 5.16. The standard InChI is InChI=1S/C12H19N/c1-3-4-5-10(2)13-11-8-12(9-11)6-7-12/h4-5,11,13H,2-3,6-9H2,1H3/b5-4-. The normalized spacial score (nSPS) is 24.7. The van der Waals surface area contributed by atoms with Crippen LogP contribution >= 0.6 is 0 Å². The lowest BCUT2D eigenvalue weighted by molar-refractivity contribution is 0.212. The van der Waals surface area contributed by atoms with Crippen molar-refractivity contribution in [2.45, 2.75) is 45.1 Å². The molecule has 0 aromatic rings. The molecule has 1 heteroatoms. The Morgan fingerprint density at radius 1 is 1.54 bits per heavy atom. The maximum absolute atomic E-state index is 3.98. The molecular formula is C12H19N. The van der Waals surface area contributed by atoms with Gasteiger partial charge in [0.2, 0.25) is 0 Å². The van der Waals surface area contributed by atoms with E-state index in [0.29, 0.717) is 0 Å². The third kappa shape index (κ3) is 1.96. The van der Waals surface area contributed by atoms with E-state index in [9.17, 15) is 0 Å². The lowest BCUT2D eigenvalue weighted by Gasteiger charge is -2.37. The van der Waals surface area contributed by atoms with Gasteiger partial charge in [-0.3, -0.25) is 0 Å². The molecule has 1 spiro atoms. The third-order valence-corrected chi connectivity index (χ3v) is 3.26. The number of hydrogen-bond acceptors (Lipinski definition) is 1. The van der Waals surface area contributed by atoms with Crippen molar-refractivity contribution in [2.24, 2.45) is 5.41 Å². The van der Waals surface area contributed by atoms with Crippen LogP contribution in [0.4, 0.5) is 0 Å². The van der Waals surface area contributed by atoms with Crippen LogP contribution in [0.25, 0.3) is 0 Å². The largest absolute Gasteiger partial charge is 0.383 e. The summed E-state index contributed by atoms with van der Waals surface area (Å²) in [5, 5.41) is 3.47. The van der Waals surface area contributed by atoms with Crippen LogP contribution in [0, 0.1) is 5.41 Å². The van der Waals surface area contributed by atoms with Crippen molar-refractivity contribution in [1.82, 2.24) is 5.32 Å². The topological polar surface area (TPSA) is 12.0 Å². The van der Waals surface area contributed by atoms with Gasteiger partial charge in [0.1, 0.15) is 0 Å². The molecule has 2 aliphatic carbocycles. The van der Waals surface area contributed by atoms with Crippen LogP contribution in [0.15, 0.2) is 24.4 Å². The van der Waals surface area contributed by atoms with Crippen molar-refractivity contribution in [3.63, 3.8) is 0 Å². The first-order chi connectivity index (χ1) is 6.24. The van der Waals surface area contributed by atoms with Crippen LogP contribution in [0.2, 0.25) is 0 Å². The van der Waals surface area contributed by atoms with Gasteiger partial charge in [-0.2, -0.15) is 0 Å². The molecule has 1 nitrogen and oxygen atoms in total. The van der Waals surface area contributed by atoms with Gasteiger partial charge in [0.25, 0.3) is 0 Å². The van der Waals surface area contributed by atoms with E-state index in [0.717, 1.165) is 23.6 Å². The first-order valence-corrected chi connectivity index (χ1v) is 5.36. The fourth-order valence-electron chi connectivity index (χ4n) is 2.24. The molecule has 0 heterocycles. The first-order valence-electron chi connectivity index (χ1n) is 5.36. The summed E-state index contributed by atoms with van der Waals surface area (Å²) in [5.74, 6) is 0. The second kappa shape index (κ2) is 3.21. The van der Waals surface area contributed by atoms with Gasteiger partial charge in [-0.15, -0.1) is 0 Å². The fraction of sp³-hybridized carbons (Fsp3) is 0.667. The monoisotopic (exact) mass is 177 g/mol. The Kier molecular flexibility index (Phi) is 2.19. The molecule has 0 saturated heterocycles. The van der Waals surface area contributed by atoms with E-state index >= 15 is 0 Å². The molecule has 0 atom stereocenters. The zero-order chi connectivity index (χ0) is 9.31. The number of hydrogen-bond donors (Lipinski definition) is 1. The Morgan fingerprint density at radius 2 is 2.23 bits per heavy atom. The highest BCUT2D eigenvalue weighted by Crippen LogP contribution is 2.60. The smallest absolute Gasteiger partial charge is 0.0271 e. The summed E-state index contributed by atoms with van der Waals surface area (Å²) in [6.45, 7) is 6.13. The van der Waals surface area contributed by atoms with Crippen molar-refractivity contribution >= 4 is 0 Å². The molecule has 72 valence electrons. The van der Waals surface area contributed by atoms with Crippen LogP contribution in [-0.4, -0.2) is 6.04 Å². The SMILES string of the molecule is C=C(/C=C\CC)NC1CC2(CC2)C1. The van der Waals surface area contributed by atoms with Gasteiger partial charge in [0.15, 0.2) is 0 Å². The van der Waals surface area contributed by atoms with Crippen molar-refractivity contribution in [3.8, 4) is 0 Å². The van der Waals surface area contributed by atoms with Crippen molar-refractivity contribution < 1.29 is 0 Å². The lowest BCUT2D eigenvalue weighted by Crippen LogP contribution is -2.41. The predicted molar refractivity (Wildman–Crippen MR) is 56.4 cm³/mol. The molecule has 0 unspecified atom stereocenters. The van der Waals surface area contributed by atoms with Gasteiger partial charge in [0.05, 0.1) is 0 Å². The van der Waals surface area contributed by atoms with Gasteiger partial charge in [-0.05, 0) is 43.6 Å². The summed E-state index contributed by atoms with van der Waals surface area (Å²) >= 11 is 0. The minimum absolute atomic E-state index is 0.719. The van der Waals surface area contributed by atoms with Crippen LogP contribution in [-0.2, 0) is 0 Å². The summed E-state index contributed by atoms with van der Waals surface area (Å²) in [6.07, 6.45) is 11.1. The molecule has 2 aliphatic rings. The zero-order valence-corrected chi connectivity index (χ0v) is 8.47. The molecule has 2 rings (SSSR count). The van der Waals surface area contributed by atoms with E-state index in [4.69, 9.17) is 0 Å². The van der Waals surface area contributed by atoms with Crippen molar-refractivity contribution in [1.29, 1.82) is 0 Å². The zero-order valence-electron chi connectivity index (χ0n) is 8.47. The highest BCUT2D eigenvalue weighted by Gasteiger charge is 2.52. The summed E-state index contributed by atoms with van der Waals surface area (Å²) in [5.41, 5.74) is 1.88. The summed E-state index contributed by atoms with van der Waals surface area (Å²) in [6, 6.07) is 0.719. The third-order valence-electron chi connectivity index (χ3n) is 3.26. The van der Waals surface area contributed by atoms with Crippen molar-refractivity contribution in [2.75, 3.05) is 0 Å². The molecule has 0 amide bonds. The average Bonchev–Trinajstić information content (AvgIpc) is 2.80. The van der Waals surface area contributed by atoms with E-state index in [1.165, 1.54) is 25.7 Å². The number of nitrogens with one attached hydrogen (secondary N) is 1. The predicted octanol–water partition coefficient (Wildman–Crippen LogP) is 3.00. The van der Waals surface area contributed by atoms with Gasteiger partial charge in [-0.1, -0.05) is 19.6 Å². The van der Waals surface area contributed by atoms with Gasteiger partial charge in [-0.25, -0.2) is 0 Å². The highest BCUT2D eigenvalue weighted by atomic mass is 15.0. The second-order valence-electron chi connectivity index (χ2n) is 4.59. The van der Waals surface area contributed by atoms with Crippen LogP contribution in [0.5, 0.6) is 0 Å². The van der Waals surface area contributed by atoms with E-state index in [1.807, 2.05) is 0 Å². The summed E-state index contributed by atoms with van der Waals surface area (Å²) in [7, 11) is 0. The Hall–Kier alpha value is -0.720. The van der Waals surface area contributed by atoms with Crippen LogP contribution in [0.3, 0.4) is 0 Å². The van der Waals surface area contributed by atoms with Crippen molar-refractivity contribution in [3.05, 3.63) is 24.4 Å². The molecule has 0 radical (unpaired) electrons. The maximum atomic E-state index is 3.98. The van der Waals surface area contributed by atoms with E-state index < -0.39 is 0 Å². The Bertz CT molecular complexity index is 228. The molecular weight excluding hydrogens is 158 g/mol. The fourth-order valence-corrected chi connectivity index (χ4v) is 2.24. The minimum atomic E-state index is 0.719. The lowest BCUT2D eigenvalue weighted by atomic mass is 9.77. The second-order valence-corrected chi connectivity index (χ2v) is 4.59. The molecule has 13 heavy (non-hydrogen) atoms. The number of rotatable bonds is 4. The van der Waals surface area contributed by atoms with Crippen LogP contribution < -0.4 is 5.32 Å². The number of allylic oxidation sites excluding steroid dienone is 2. The Balaban J connectivity index is 1.67. The minimum Gasteiger partial charge on any atom is -0.383 e. The Morgan fingerprint density at radius 3 is 2.77 bits per heavy atom. The molecule has 2 saturated carbocycles. The van der Waals surface area contributed by atoms with E-state index in [2.05, 4.69) is 31.0 Å². The quantitative estimate of drug-likeness (QED) is 0.651. The first kappa shape index (κ1) is 8.86. The van der Waals surface area contributed by atoms with Gasteiger partial charge < -0.3 is 5.32 Å². The molecule has 0 aromatic carbocycles. The molecule has 0 aromatic heterocycles. The molecule has 0 aliphatic heterocycles. The summed E-state index contributed by atoms with van der Waals surface area (Å²) < 4.78 is 0. The van der Waals surface area contributed by atoms with E-state index in [1.54, 1.807) is 0 Å². The maximum Gasteiger partial charge on any atom is 0.0271 e.